The molecule has 0 radical (unpaired) electrons. The molecule has 0 N–H and O–H groups in total. The smallest absolute Gasteiger partial charge is 0.225 e. The summed E-state index contributed by atoms with van der Waals surface area (Å²) in [6, 6.07) is 1.97. The topological polar surface area (TPSA) is 49.6 Å². The third-order valence-electron chi connectivity index (χ3n) is 3.46. The zero-order valence-electron chi connectivity index (χ0n) is 12.1. The second-order valence-electron chi connectivity index (χ2n) is 5.54. The summed E-state index contributed by atoms with van der Waals surface area (Å²) in [4.78, 5) is 16.3. The van der Waals surface area contributed by atoms with Gasteiger partial charge in [-0.3, -0.25) is 9.69 Å². The standard InChI is InChI=1S/C14H23N3O2/c1-11(2)14(18)17-6-4-5-16(7-8-17)10-13-9-12(3)19-15-13/h9,11H,4-8,10H2,1-3H3. The van der Waals surface area contributed by atoms with Crippen LogP contribution in [0.3, 0.4) is 0 Å². The highest BCUT2D eigenvalue weighted by Crippen LogP contribution is 2.11. The SMILES string of the molecule is Cc1cc(CN2CCCN(C(=O)C(C)C)CC2)no1. The molecular formula is C14H23N3O2. The Hall–Kier alpha value is -1.36. The van der Waals surface area contributed by atoms with Crippen LogP contribution >= 0.6 is 0 Å². The van der Waals surface area contributed by atoms with Crippen LogP contribution in [0.1, 0.15) is 31.7 Å². The van der Waals surface area contributed by atoms with Crippen molar-refractivity contribution in [1.29, 1.82) is 0 Å². The number of hydrogen-bond acceptors (Lipinski definition) is 4. The highest BCUT2D eigenvalue weighted by Gasteiger charge is 2.21. The molecule has 0 unspecified atom stereocenters. The summed E-state index contributed by atoms with van der Waals surface area (Å²) in [6.45, 7) is 10.2. The van der Waals surface area contributed by atoms with E-state index in [1.54, 1.807) is 0 Å². The van der Waals surface area contributed by atoms with Crippen molar-refractivity contribution < 1.29 is 9.32 Å². The molecule has 2 heterocycles. The zero-order valence-corrected chi connectivity index (χ0v) is 12.1. The monoisotopic (exact) mass is 265 g/mol. The van der Waals surface area contributed by atoms with Crippen LogP contribution in [-0.2, 0) is 11.3 Å². The first-order valence-corrected chi connectivity index (χ1v) is 6.99. The number of carbonyl (C=O) groups excluding carboxylic acids is 1. The van der Waals surface area contributed by atoms with Crippen LogP contribution in [0.4, 0.5) is 0 Å². The minimum Gasteiger partial charge on any atom is -0.361 e. The third kappa shape index (κ3) is 3.80. The first kappa shape index (κ1) is 14.1. The molecule has 0 saturated carbocycles. The minimum absolute atomic E-state index is 0.0877. The molecule has 19 heavy (non-hydrogen) atoms. The maximum atomic E-state index is 12.0. The molecule has 5 heteroatoms. The van der Waals surface area contributed by atoms with Crippen molar-refractivity contribution in [3.63, 3.8) is 0 Å². The lowest BCUT2D eigenvalue weighted by molar-refractivity contribution is -0.134. The molecule has 0 bridgehead atoms. The molecular weight excluding hydrogens is 242 g/mol. The third-order valence-corrected chi connectivity index (χ3v) is 3.46. The summed E-state index contributed by atoms with van der Waals surface area (Å²) < 4.78 is 5.09. The number of hydrogen-bond donors (Lipinski definition) is 0. The van der Waals surface area contributed by atoms with E-state index in [1.165, 1.54) is 0 Å². The van der Waals surface area contributed by atoms with Crippen molar-refractivity contribution in [3.05, 3.63) is 17.5 Å². The van der Waals surface area contributed by atoms with Gasteiger partial charge in [0.1, 0.15) is 5.76 Å². The molecule has 0 spiro atoms. The molecule has 0 aliphatic carbocycles. The number of amides is 1. The number of carbonyl (C=O) groups is 1. The van der Waals surface area contributed by atoms with E-state index < -0.39 is 0 Å². The minimum atomic E-state index is 0.0877. The number of rotatable bonds is 3. The molecule has 0 aromatic carbocycles. The molecule has 1 aromatic rings. The van der Waals surface area contributed by atoms with Crippen LogP contribution in [0.5, 0.6) is 0 Å². The predicted octanol–water partition coefficient (Wildman–Crippen LogP) is 1.67. The van der Waals surface area contributed by atoms with Gasteiger partial charge in [0.05, 0.1) is 5.69 Å². The van der Waals surface area contributed by atoms with Gasteiger partial charge in [-0.15, -0.1) is 0 Å². The van der Waals surface area contributed by atoms with E-state index in [-0.39, 0.29) is 11.8 Å². The summed E-state index contributed by atoms with van der Waals surface area (Å²) in [5.74, 6) is 1.20. The number of nitrogens with zero attached hydrogens (tertiary/aromatic N) is 3. The molecule has 1 aliphatic heterocycles. The van der Waals surface area contributed by atoms with Gasteiger partial charge in [0.25, 0.3) is 0 Å². The van der Waals surface area contributed by atoms with Crippen LogP contribution in [0.2, 0.25) is 0 Å². The molecule has 1 aromatic heterocycles. The van der Waals surface area contributed by atoms with Gasteiger partial charge in [0.15, 0.2) is 0 Å². The summed E-state index contributed by atoms with van der Waals surface area (Å²) >= 11 is 0. The molecule has 1 saturated heterocycles. The van der Waals surface area contributed by atoms with Gasteiger partial charge in [0, 0.05) is 44.7 Å². The summed E-state index contributed by atoms with van der Waals surface area (Å²) in [6.07, 6.45) is 1.02. The lowest BCUT2D eigenvalue weighted by atomic mass is 10.2. The second-order valence-corrected chi connectivity index (χ2v) is 5.54. The van der Waals surface area contributed by atoms with E-state index in [2.05, 4.69) is 10.1 Å². The number of aromatic nitrogens is 1. The molecule has 1 aliphatic rings. The van der Waals surface area contributed by atoms with Gasteiger partial charge in [-0.05, 0) is 13.3 Å². The quantitative estimate of drug-likeness (QED) is 0.834. The summed E-state index contributed by atoms with van der Waals surface area (Å²) in [5, 5.41) is 4.03. The molecule has 0 atom stereocenters. The van der Waals surface area contributed by atoms with Crippen molar-refractivity contribution in [1.82, 2.24) is 15.0 Å². The fraction of sp³-hybridized carbons (Fsp3) is 0.714. The van der Waals surface area contributed by atoms with Gasteiger partial charge in [-0.2, -0.15) is 0 Å². The maximum absolute atomic E-state index is 12.0. The Kier molecular flexibility index (Phi) is 4.58. The van der Waals surface area contributed by atoms with Gasteiger partial charge >= 0.3 is 0 Å². The van der Waals surface area contributed by atoms with Gasteiger partial charge in [-0.1, -0.05) is 19.0 Å². The van der Waals surface area contributed by atoms with E-state index in [1.807, 2.05) is 31.7 Å². The van der Waals surface area contributed by atoms with Crippen LogP contribution < -0.4 is 0 Å². The lowest BCUT2D eigenvalue weighted by Gasteiger charge is -2.23. The van der Waals surface area contributed by atoms with Crippen LogP contribution in [0, 0.1) is 12.8 Å². The predicted molar refractivity (Wildman–Crippen MR) is 72.6 cm³/mol. The number of aryl methyl sites for hydroxylation is 1. The first-order chi connectivity index (χ1) is 9.06. The van der Waals surface area contributed by atoms with E-state index in [9.17, 15) is 4.79 Å². The van der Waals surface area contributed by atoms with E-state index in [0.717, 1.165) is 50.6 Å². The van der Waals surface area contributed by atoms with Crippen LogP contribution in [0.15, 0.2) is 10.6 Å². The highest BCUT2D eigenvalue weighted by atomic mass is 16.5. The fourth-order valence-electron chi connectivity index (χ4n) is 2.44. The van der Waals surface area contributed by atoms with E-state index in [4.69, 9.17) is 4.52 Å². The Labute approximate surface area is 114 Å². The Bertz CT molecular complexity index is 428. The Morgan fingerprint density at radius 2 is 2.16 bits per heavy atom. The average Bonchev–Trinajstić information content (AvgIpc) is 2.63. The van der Waals surface area contributed by atoms with Crippen molar-refractivity contribution in [2.45, 2.75) is 33.7 Å². The highest BCUT2D eigenvalue weighted by molar-refractivity contribution is 5.78. The Balaban J connectivity index is 1.88. The van der Waals surface area contributed by atoms with E-state index >= 15 is 0 Å². The Morgan fingerprint density at radius 1 is 1.37 bits per heavy atom. The molecule has 1 amide bonds. The van der Waals surface area contributed by atoms with Crippen molar-refractivity contribution in [3.8, 4) is 0 Å². The van der Waals surface area contributed by atoms with Gasteiger partial charge in [0.2, 0.25) is 5.91 Å². The van der Waals surface area contributed by atoms with Crippen molar-refractivity contribution in [2.24, 2.45) is 5.92 Å². The summed E-state index contributed by atoms with van der Waals surface area (Å²) in [5.41, 5.74) is 0.973. The van der Waals surface area contributed by atoms with Crippen molar-refractivity contribution in [2.75, 3.05) is 26.2 Å². The first-order valence-electron chi connectivity index (χ1n) is 6.99. The van der Waals surface area contributed by atoms with Crippen LogP contribution in [0.25, 0.3) is 0 Å². The second kappa shape index (κ2) is 6.19. The Morgan fingerprint density at radius 3 is 2.79 bits per heavy atom. The molecule has 5 nitrogen and oxygen atoms in total. The van der Waals surface area contributed by atoms with E-state index in [0.29, 0.717) is 0 Å². The molecule has 106 valence electrons. The molecule has 2 rings (SSSR count). The van der Waals surface area contributed by atoms with Gasteiger partial charge in [-0.25, -0.2) is 0 Å². The fourth-order valence-corrected chi connectivity index (χ4v) is 2.44. The zero-order chi connectivity index (χ0) is 13.8. The normalized spacial score (nSPS) is 17.8. The lowest BCUT2D eigenvalue weighted by Crippen LogP contribution is -2.37. The molecule has 1 fully saturated rings. The van der Waals surface area contributed by atoms with Gasteiger partial charge < -0.3 is 9.42 Å². The largest absolute Gasteiger partial charge is 0.361 e. The average molecular weight is 265 g/mol. The summed E-state index contributed by atoms with van der Waals surface area (Å²) in [7, 11) is 0. The van der Waals surface area contributed by atoms with Crippen LogP contribution in [-0.4, -0.2) is 47.0 Å². The maximum Gasteiger partial charge on any atom is 0.225 e. The van der Waals surface area contributed by atoms with Crippen molar-refractivity contribution >= 4 is 5.91 Å².